The van der Waals surface area contributed by atoms with Crippen LogP contribution in [0.1, 0.15) is 47.9 Å². The van der Waals surface area contributed by atoms with Gasteiger partial charge in [0.1, 0.15) is 11.5 Å². The van der Waals surface area contributed by atoms with E-state index in [9.17, 15) is 4.79 Å². The Hall–Kier alpha value is -5.51. The van der Waals surface area contributed by atoms with Gasteiger partial charge in [-0.1, -0.05) is 47.6 Å². The van der Waals surface area contributed by atoms with Crippen molar-refractivity contribution in [2.45, 2.75) is 39.5 Å². The maximum absolute atomic E-state index is 12.4. The van der Waals surface area contributed by atoms with Crippen molar-refractivity contribution in [2.24, 2.45) is 0 Å². The van der Waals surface area contributed by atoms with Gasteiger partial charge in [-0.3, -0.25) is 4.98 Å². The highest BCUT2D eigenvalue weighted by molar-refractivity contribution is 5.89. The smallest absolute Gasteiger partial charge is 0.321 e. The lowest BCUT2D eigenvalue weighted by Crippen LogP contribution is -2.39. The molecule has 0 atom stereocenters. The number of benzene rings is 2. The van der Waals surface area contributed by atoms with Crippen molar-refractivity contribution in [3.05, 3.63) is 143 Å². The van der Waals surface area contributed by atoms with Crippen molar-refractivity contribution in [3.8, 4) is 23.3 Å². The summed E-state index contributed by atoms with van der Waals surface area (Å²) in [5, 5.41) is 6.27. The molecule has 0 spiro atoms. The number of halogens is 1. The molecular weight excluding hydrogens is 672 g/mol. The average molecular weight is 717 g/mol. The van der Waals surface area contributed by atoms with Gasteiger partial charge in [0.15, 0.2) is 0 Å². The molecule has 52 heavy (non-hydrogen) atoms. The van der Waals surface area contributed by atoms with Gasteiger partial charge in [-0.2, -0.15) is 0 Å². The summed E-state index contributed by atoms with van der Waals surface area (Å²) < 4.78 is 11.7. The molecule has 0 radical (unpaired) electrons. The predicted molar refractivity (Wildman–Crippen MR) is 210 cm³/mol. The lowest BCUT2D eigenvalue weighted by atomic mass is 10.0. The highest BCUT2D eigenvalue weighted by Crippen LogP contribution is 2.26. The van der Waals surface area contributed by atoms with Crippen LogP contribution in [-0.2, 0) is 0 Å². The summed E-state index contributed by atoms with van der Waals surface area (Å²) in [6, 6.07) is 27.5. The molecule has 2 aliphatic heterocycles. The number of urea groups is 1. The van der Waals surface area contributed by atoms with E-state index in [1.165, 1.54) is 16.7 Å². The Morgan fingerprint density at radius 1 is 0.712 bits per heavy atom. The summed E-state index contributed by atoms with van der Waals surface area (Å²) in [5.74, 6) is 2.82. The molecule has 2 N–H and O–H groups in total. The number of amides is 2. The number of ether oxygens (including phenoxy) is 2. The Bertz CT molecular complexity index is 1970. The van der Waals surface area contributed by atoms with Gasteiger partial charge >= 0.3 is 6.03 Å². The quantitative estimate of drug-likeness (QED) is 0.173. The van der Waals surface area contributed by atoms with Crippen LogP contribution in [0.3, 0.4) is 0 Å². The second kappa shape index (κ2) is 19.2. The molecule has 5 heterocycles. The van der Waals surface area contributed by atoms with E-state index < -0.39 is 0 Å². The van der Waals surface area contributed by atoms with Crippen molar-refractivity contribution >= 4 is 36.3 Å². The minimum absolute atomic E-state index is 0. The highest BCUT2D eigenvalue weighted by atomic mass is 35.5. The number of nitrogens with one attached hydrogen (secondary N) is 2. The zero-order valence-corrected chi connectivity index (χ0v) is 30.4. The van der Waals surface area contributed by atoms with E-state index >= 15 is 0 Å². The number of pyridine rings is 3. The van der Waals surface area contributed by atoms with Crippen molar-refractivity contribution in [1.29, 1.82) is 0 Å². The zero-order chi connectivity index (χ0) is 35.3. The van der Waals surface area contributed by atoms with Crippen molar-refractivity contribution in [2.75, 3.05) is 31.5 Å². The Morgan fingerprint density at radius 2 is 1.27 bits per heavy atom. The summed E-state index contributed by atoms with van der Waals surface area (Å²) in [7, 11) is 0. The third kappa shape index (κ3) is 11.8. The largest absolute Gasteiger partial charge is 0.439 e. The predicted octanol–water partition coefficient (Wildman–Crippen LogP) is 9.66. The highest BCUT2D eigenvalue weighted by Gasteiger charge is 2.19. The molecule has 9 nitrogen and oxygen atoms in total. The number of rotatable bonds is 7. The van der Waals surface area contributed by atoms with Crippen LogP contribution >= 0.6 is 12.4 Å². The first-order valence-electron chi connectivity index (χ1n) is 17.4. The molecule has 0 unspecified atom stereocenters. The fourth-order valence-corrected chi connectivity index (χ4v) is 5.85. The van der Waals surface area contributed by atoms with E-state index in [2.05, 4.69) is 55.9 Å². The van der Waals surface area contributed by atoms with E-state index in [0.717, 1.165) is 67.0 Å². The molecule has 10 heteroatoms. The van der Waals surface area contributed by atoms with Gasteiger partial charge in [-0.15, -0.1) is 12.4 Å². The maximum atomic E-state index is 12.4. The number of carbonyl (C=O) groups excluding carboxylic acids is 1. The second-order valence-electron chi connectivity index (χ2n) is 12.7. The lowest BCUT2D eigenvalue weighted by Gasteiger charge is -2.28. The second-order valence-corrected chi connectivity index (χ2v) is 12.7. The molecule has 3 aromatic heterocycles. The van der Waals surface area contributed by atoms with Gasteiger partial charge in [0, 0.05) is 43.8 Å². The molecule has 268 valence electrons. The van der Waals surface area contributed by atoms with E-state index in [1.54, 1.807) is 30.9 Å². The third-order valence-electron chi connectivity index (χ3n) is 8.53. The van der Waals surface area contributed by atoms with Gasteiger partial charge < -0.3 is 25.0 Å². The third-order valence-corrected chi connectivity index (χ3v) is 8.53. The van der Waals surface area contributed by atoms with Crippen LogP contribution in [0.15, 0.2) is 121 Å². The van der Waals surface area contributed by atoms with Gasteiger partial charge in [0.25, 0.3) is 0 Å². The molecule has 2 aliphatic rings. The molecule has 7 rings (SSSR count). The van der Waals surface area contributed by atoms with Crippen LogP contribution in [0.4, 0.5) is 10.5 Å². The minimum atomic E-state index is -0.0805. The monoisotopic (exact) mass is 716 g/mol. The van der Waals surface area contributed by atoms with Crippen molar-refractivity contribution in [3.63, 3.8) is 0 Å². The minimum Gasteiger partial charge on any atom is -0.439 e. The number of aromatic nitrogens is 3. The first-order chi connectivity index (χ1) is 24.9. The van der Waals surface area contributed by atoms with E-state index in [1.807, 2.05) is 79.4 Å². The summed E-state index contributed by atoms with van der Waals surface area (Å²) in [5.41, 5.74) is 8.07. The summed E-state index contributed by atoms with van der Waals surface area (Å²) in [6.45, 7) is 7.60. The van der Waals surface area contributed by atoms with Crippen LogP contribution < -0.4 is 20.1 Å². The molecule has 0 saturated carbocycles. The summed E-state index contributed by atoms with van der Waals surface area (Å²) in [6.07, 6.45) is 15.3. The first-order valence-corrected chi connectivity index (χ1v) is 17.4. The number of aryl methyl sites for hydroxylation is 2. The number of anilines is 1. The maximum Gasteiger partial charge on any atom is 0.321 e. The van der Waals surface area contributed by atoms with Crippen LogP contribution in [0, 0.1) is 13.8 Å². The number of carbonyl (C=O) groups is 1. The van der Waals surface area contributed by atoms with Crippen molar-refractivity contribution < 1.29 is 14.3 Å². The molecule has 2 aromatic carbocycles. The number of hydrogen-bond acceptors (Lipinski definition) is 7. The van der Waals surface area contributed by atoms with E-state index in [4.69, 9.17) is 9.47 Å². The fraction of sp³-hybridized carbons (Fsp3) is 0.238. The van der Waals surface area contributed by atoms with Crippen LogP contribution in [-0.4, -0.2) is 52.1 Å². The number of hydrogen-bond donors (Lipinski definition) is 2. The van der Waals surface area contributed by atoms with E-state index in [0.29, 0.717) is 30.5 Å². The zero-order valence-electron chi connectivity index (χ0n) is 29.6. The molecular formula is C42H45ClN6O3. The van der Waals surface area contributed by atoms with Gasteiger partial charge in [-0.25, -0.2) is 14.8 Å². The first kappa shape index (κ1) is 37.7. The molecule has 0 aliphatic carbocycles. The van der Waals surface area contributed by atoms with E-state index in [-0.39, 0.29) is 18.4 Å². The molecule has 2 fully saturated rings. The standard InChI is InChI=1S/C24H24N4O2.C18H20N2O.ClH/c1-18-7-11-26-23(14-18)30-22-6-2-4-20(16-22)15-19-8-12-28(13-9-19)24(29)27-21-5-3-10-25-17-21;1-14-5-10-20-18(11-14)21-17-4-2-3-16(13-17)12-15-6-8-19-9-7-15;/h2-7,10-11,14-17H,8-9,12-13H2,1H3,(H,27,29);2-5,10-13,19H,6-9H2,1H3;1H. The Balaban J connectivity index is 0.000000209. The SMILES string of the molecule is Cc1ccnc(Oc2cccc(C=C3CCN(C(=O)Nc4cccnc4)CC3)c2)c1.Cc1ccnc(Oc2cccc(C=C3CCNCC3)c2)c1.Cl. The van der Waals surface area contributed by atoms with Gasteiger partial charge in [0.2, 0.25) is 11.8 Å². The Morgan fingerprint density at radius 3 is 1.79 bits per heavy atom. The molecule has 2 saturated heterocycles. The van der Waals surface area contributed by atoms with Crippen LogP contribution in [0.5, 0.6) is 23.3 Å². The molecule has 0 bridgehead atoms. The number of likely N-dealkylation sites (tertiary alicyclic amines) is 1. The van der Waals surface area contributed by atoms with Crippen molar-refractivity contribution in [1.82, 2.24) is 25.2 Å². The fourth-order valence-electron chi connectivity index (χ4n) is 5.85. The number of piperidine rings is 2. The normalized spacial score (nSPS) is 13.8. The van der Waals surface area contributed by atoms with Gasteiger partial charge in [0.05, 0.1) is 11.9 Å². The van der Waals surface area contributed by atoms with Crippen LogP contribution in [0.25, 0.3) is 12.2 Å². The summed E-state index contributed by atoms with van der Waals surface area (Å²) in [4.78, 5) is 26.8. The lowest BCUT2D eigenvalue weighted by molar-refractivity contribution is 0.208. The number of nitrogens with zero attached hydrogens (tertiary/aromatic N) is 4. The van der Waals surface area contributed by atoms with Gasteiger partial charge in [-0.05, 0) is 123 Å². The average Bonchev–Trinajstić information content (AvgIpc) is 3.13. The van der Waals surface area contributed by atoms with Crippen LogP contribution in [0.2, 0.25) is 0 Å². The molecule has 2 amide bonds. The Labute approximate surface area is 312 Å². The topological polar surface area (TPSA) is 102 Å². The summed E-state index contributed by atoms with van der Waals surface area (Å²) >= 11 is 0. The molecule has 5 aromatic rings. The Kier molecular flexibility index (Phi) is 13.9.